The second-order valence-corrected chi connectivity index (χ2v) is 9.14. The predicted octanol–water partition coefficient (Wildman–Crippen LogP) is 2.85. The summed E-state index contributed by atoms with van der Waals surface area (Å²) in [7, 11) is 1.53. The Labute approximate surface area is 204 Å². The summed E-state index contributed by atoms with van der Waals surface area (Å²) in [5.41, 5.74) is 6.56. The maximum Gasteiger partial charge on any atom is 0.255 e. The van der Waals surface area contributed by atoms with Gasteiger partial charge in [0.15, 0.2) is 0 Å². The minimum Gasteiger partial charge on any atom is -0.497 e. The molecule has 1 aliphatic carbocycles. The second kappa shape index (κ2) is 10.5. The molecule has 9 heteroatoms. The van der Waals surface area contributed by atoms with Gasteiger partial charge in [-0.25, -0.2) is 0 Å². The highest BCUT2D eigenvalue weighted by molar-refractivity contribution is 6.32. The summed E-state index contributed by atoms with van der Waals surface area (Å²) >= 11 is 6.42. The first-order chi connectivity index (χ1) is 16.4. The van der Waals surface area contributed by atoms with Gasteiger partial charge in [0.1, 0.15) is 23.3 Å². The average Bonchev–Trinajstić information content (AvgIpc) is 3.61. The van der Waals surface area contributed by atoms with E-state index in [-0.39, 0.29) is 12.3 Å². The van der Waals surface area contributed by atoms with E-state index in [0.29, 0.717) is 47.6 Å². The quantitative estimate of drug-likeness (QED) is 0.611. The van der Waals surface area contributed by atoms with Crippen molar-refractivity contribution >= 4 is 23.4 Å². The lowest BCUT2D eigenvalue weighted by molar-refractivity contribution is -0.123. The molecule has 0 saturated heterocycles. The number of halogens is 1. The van der Waals surface area contributed by atoms with Gasteiger partial charge in [0, 0.05) is 13.0 Å². The third-order valence-corrected chi connectivity index (χ3v) is 6.47. The standard InChI is InChI=1S/C25H30ClN3O5/c1-32-17-5-7-21-18(14-17)23(30)28-20(24(31)29-25(15-27)8-9-25)13-16-4-6-22(19(26)12-16)34-11-3-2-10-33-21/h4-7,12,14,20H,2-3,8-11,13,15,27H2,1H3,(H,28,30)(H,29,31)/t20-/m0/s1. The SMILES string of the molecule is COc1ccc2c(c1)C(=O)N[C@H](C(=O)NC1(CN)CC1)Cc1ccc(c(Cl)c1)OCCCCO2. The largest absolute Gasteiger partial charge is 0.497 e. The minimum atomic E-state index is -0.841. The zero-order valence-corrected chi connectivity index (χ0v) is 20.0. The molecular weight excluding hydrogens is 458 g/mol. The molecule has 0 aromatic heterocycles. The number of hydrogen-bond donors (Lipinski definition) is 3. The number of ether oxygens (including phenoxy) is 3. The number of fused-ring (bicyclic) bond motifs is 10. The fraction of sp³-hybridized carbons (Fsp3) is 0.440. The van der Waals surface area contributed by atoms with Gasteiger partial charge in [-0.05, 0) is 61.6 Å². The van der Waals surface area contributed by atoms with Crippen molar-refractivity contribution < 1.29 is 23.8 Å². The van der Waals surface area contributed by atoms with Crippen molar-refractivity contribution in [2.75, 3.05) is 26.9 Å². The van der Waals surface area contributed by atoms with Gasteiger partial charge in [0.2, 0.25) is 5.91 Å². The van der Waals surface area contributed by atoms with Crippen LogP contribution in [0.3, 0.4) is 0 Å². The van der Waals surface area contributed by atoms with Crippen molar-refractivity contribution in [2.45, 2.75) is 43.7 Å². The predicted molar refractivity (Wildman–Crippen MR) is 129 cm³/mol. The summed E-state index contributed by atoms with van der Waals surface area (Å²) in [6, 6.07) is 9.62. The average molecular weight is 488 g/mol. The van der Waals surface area contributed by atoms with Crippen LogP contribution in [0.15, 0.2) is 36.4 Å². The Balaban J connectivity index is 1.66. The Hall–Kier alpha value is -2.97. The molecule has 1 saturated carbocycles. The van der Waals surface area contributed by atoms with E-state index in [4.69, 9.17) is 31.5 Å². The van der Waals surface area contributed by atoms with Crippen LogP contribution < -0.4 is 30.6 Å². The van der Waals surface area contributed by atoms with Gasteiger partial charge < -0.3 is 30.6 Å². The Morgan fingerprint density at radius 1 is 1.18 bits per heavy atom. The molecule has 0 spiro atoms. The number of carbonyl (C=O) groups is 2. The fourth-order valence-electron chi connectivity index (χ4n) is 3.86. The molecule has 2 amide bonds. The lowest BCUT2D eigenvalue weighted by Crippen LogP contribution is -2.53. The van der Waals surface area contributed by atoms with E-state index < -0.39 is 17.5 Å². The van der Waals surface area contributed by atoms with E-state index in [1.165, 1.54) is 7.11 Å². The first kappa shape index (κ1) is 24.2. The molecule has 3 aliphatic rings. The summed E-state index contributed by atoms with van der Waals surface area (Å²) in [6.45, 7) is 1.25. The van der Waals surface area contributed by atoms with Crippen molar-refractivity contribution in [1.82, 2.24) is 10.6 Å². The topological polar surface area (TPSA) is 112 Å². The van der Waals surface area contributed by atoms with Crippen LogP contribution >= 0.6 is 11.6 Å². The minimum absolute atomic E-state index is 0.248. The van der Waals surface area contributed by atoms with Gasteiger partial charge in [-0.1, -0.05) is 17.7 Å². The van der Waals surface area contributed by atoms with Crippen molar-refractivity contribution in [3.8, 4) is 17.2 Å². The van der Waals surface area contributed by atoms with Gasteiger partial charge in [-0.2, -0.15) is 0 Å². The number of nitrogens with two attached hydrogens (primary N) is 1. The van der Waals surface area contributed by atoms with Gasteiger partial charge in [0.05, 0.1) is 36.4 Å². The molecule has 2 aromatic rings. The Morgan fingerprint density at radius 3 is 2.53 bits per heavy atom. The number of rotatable bonds is 4. The molecular formula is C25H30ClN3O5. The third-order valence-electron chi connectivity index (χ3n) is 6.18. The molecule has 0 radical (unpaired) electrons. The Kier molecular flexibility index (Phi) is 7.48. The van der Waals surface area contributed by atoms with Crippen LogP contribution in [0.25, 0.3) is 0 Å². The monoisotopic (exact) mass is 487 g/mol. The summed E-state index contributed by atoms with van der Waals surface area (Å²) < 4.78 is 17.0. The van der Waals surface area contributed by atoms with E-state index in [1.54, 1.807) is 30.3 Å². The summed E-state index contributed by atoms with van der Waals surface area (Å²) in [5.74, 6) is 0.811. The lowest BCUT2D eigenvalue weighted by Gasteiger charge is -2.23. The van der Waals surface area contributed by atoms with Gasteiger partial charge in [-0.3, -0.25) is 9.59 Å². The fourth-order valence-corrected chi connectivity index (χ4v) is 4.11. The van der Waals surface area contributed by atoms with Gasteiger partial charge in [-0.15, -0.1) is 0 Å². The molecule has 5 rings (SSSR count). The molecule has 8 nitrogen and oxygen atoms in total. The first-order valence-corrected chi connectivity index (χ1v) is 11.9. The van der Waals surface area contributed by atoms with Crippen molar-refractivity contribution in [3.05, 3.63) is 52.5 Å². The highest BCUT2D eigenvalue weighted by Crippen LogP contribution is 2.34. The lowest BCUT2D eigenvalue weighted by atomic mass is 10.0. The highest BCUT2D eigenvalue weighted by Gasteiger charge is 2.43. The van der Waals surface area contributed by atoms with Crippen molar-refractivity contribution in [2.24, 2.45) is 5.73 Å². The normalized spacial score (nSPS) is 19.7. The van der Waals surface area contributed by atoms with E-state index in [9.17, 15) is 9.59 Å². The van der Waals surface area contributed by atoms with Crippen LogP contribution in [0.2, 0.25) is 5.02 Å². The zero-order chi connectivity index (χ0) is 24.1. The molecule has 34 heavy (non-hydrogen) atoms. The molecule has 2 heterocycles. The summed E-state index contributed by atoms with van der Waals surface area (Å²) in [5, 5.41) is 6.36. The van der Waals surface area contributed by atoms with E-state index in [0.717, 1.165) is 31.2 Å². The second-order valence-electron chi connectivity index (χ2n) is 8.73. The maximum absolute atomic E-state index is 13.4. The molecule has 182 valence electrons. The number of carbonyl (C=O) groups excluding carboxylic acids is 2. The third kappa shape index (κ3) is 5.74. The molecule has 2 bridgehead atoms. The van der Waals surface area contributed by atoms with Crippen molar-refractivity contribution in [3.63, 3.8) is 0 Å². The molecule has 2 aromatic carbocycles. The number of amides is 2. The van der Waals surface area contributed by atoms with E-state index >= 15 is 0 Å². The number of nitrogens with one attached hydrogen (secondary N) is 2. The van der Waals surface area contributed by atoms with Crippen LogP contribution in [0.1, 0.15) is 41.6 Å². The highest BCUT2D eigenvalue weighted by atomic mass is 35.5. The van der Waals surface area contributed by atoms with Crippen LogP contribution in [0, 0.1) is 0 Å². The van der Waals surface area contributed by atoms with Gasteiger partial charge in [0.25, 0.3) is 5.91 Å². The zero-order valence-electron chi connectivity index (χ0n) is 19.2. The molecule has 2 aliphatic heterocycles. The van der Waals surface area contributed by atoms with Crippen LogP contribution in [0.4, 0.5) is 0 Å². The Bertz CT molecular complexity index is 1060. The molecule has 1 atom stereocenters. The van der Waals surface area contributed by atoms with E-state index in [1.807, 2.05) is 6.07 Å². The smallest absolute Gasteiger partial charge is 0.255 e. The van der Waals surface area contributed by atoms with Gasteiger partial charge >= 0.3 is 0 Å². The molecule has 0 unspecified atom stereocenters. The maximum atomic E-state index is 13.4. The van der Waals surface area contributed by atoms with Crippen molar-refractivity contribution in [1.29, 1.82) is 0 Å². The number of methoxy groups -OCH3 is 1. The van der Waals surface area contributed by atoms with Crippen LogP contribution in [-0.4, -0.2) is 50.3 Å². The number of benzene rings is 2. The van der Waals surface area contributed by atoms with E-state index in [2.05, 4.69) is 10.6 Å². The number of hydrogen-bond acceptors (Lipinski definition) is 6. The summed E-state index contributed by atoms with van der Waals surface area (Å²) in [4.78, 5) is 26.6. The Morgan fingerprint density at radius 2 is 1.88 bits per heavy atom. The molecule has 1 fully saturated rings. The summed E-state index contributed by atoms with van der Waals surface area (Å²) in [6.07, 6.45) is 3.39. The first-order valence-electron chi connectivity index (χ1n) is 11.5. The van der Waals surface area contributed by atoms with Crippen LogP contribution in [-0.2, 0) is 11.2 Å². The molecule has 4 N–H and O–H groups in total. The van der Waals surface area contributed by atoms with Crippen LogP contribution in [0.5, 0.6) is 17.2 Å².